The van der Waals surface area contributed by atoms with Crippen molar-refractivity contribution in [3.63, 3.8) is 0 Å². The molecule has 0 radical (unpaired) electrons. The number of carboxylic acid groups (broad SMARTS) is 1. The first-order valence-corrected chi connectivity index (χ1v) is 30.2. The molecule has 0 saturated carbocycles. The number of hydrogen-bond donors (Lipinski definition) is 3. The van der Waals surface area contributed by atoms with Crippen molar-refractivity contribution in [1.82, 2.24) is 13.7 Å². The van der Waals surface area contributed by atoms with Crippen molar-refractivity contribution in [3.8, 4) is 63.0 Å². The van der Waals surface area contributed by atoms with Gasteiger partial charge in [0.05, 0.1) is 72.8 Å². The SMILES string of the molecule is C.CCOC(=O)CCc1ccc(-c2ccc(Cl)cc2N(C)C)n1-c1ccc(C#N)cc1C.CCOC(=O)CCc1ccc(-c2ccc(Cl)cc2N)n1-c1ccc(C#N)cc1C.Cc1cc(C(N)=O)ccc1-n1c(CCC(=O)O)ccc1-c1ccc(Cl)cc1N(C)C. The summed E-state index contributed by atoms with van der Waals surface area (Å²) in [5.41, 5.74) is 29.8. The van der Waals surface area contributed by atoms with Gasteiger partial charge in [0.1, 0.15) is 0 Å². The fourth-order valence-corrected chi connectivity index (χ4v) is 11.1. The minimum absolute atomic E-state index is 0. The van der Waals surface area contributed by atoms with Gasteiger partial charge in [0.15, 0.2) is 0 Å². The molecule has 9 rings (SSSR count). The third-order valence-electron chi connectivity index (χ3n) is 14.8. The summed E-state index contributed by atoms with van der Waals surface area (Å²) >= 11 is 18.6. The average Bonchev–Trinajstić information content (AvgIpc) is 1.94. The molecule has 16 nitrogen and oxygen atoms in total. The topological polar surface area (TPSA) is 228 Å². The number of halogens is 3. The van der Waals surface area contributed by atoms with Gasteiger partial charge < -0.3 is 49.5 Å². The molecule has 91 heavy (non-hydrogen) atoms. The molecule has 0 saturated heterocycles. The predicted octanol–water partition coefficient (Wildman–Crippen LogP) is 15.5. The molecule has 0 aliphatic carbocycles. The number of benzene rings is 6. The Labute approximate surface area is 547 Å². The lowest BCUT2D eigenvalue weighted by atomic mass is 10.1. The predicted molar refractivity (Wildman–Crippen MR) is 366 cm³/mol. The Morgan fingerprint density at radius 2 is 0.868 bits per heavy atom. The molecule has 0 bridgehead atoms. The fourth-order valence-electron chi connectivity index (χ4n) is 10.6. The van der Waals surface area contributed by atoms with Crippen LogP contribution in [0.2, 0.25) is 15.1 Å². The standard InChI is InChI=1S/C25H26ClN3O2.C23H24ClN3O3.C23H22ClN3O2.CH4/c1-5-31-25(30)13-9-20-8-12-23(21-10-7-19(26)15-24(21)28(3)4)29(20)22-11-6-18(16-27)14-17(22)2;1-14-12-15(23(25)30)4-9-19(14)27-17(7-11-22(28)29)6-10-20(27)18-8-5-16(24)13-21(18)26(2)3;1-3-29-23(28)11-7-18-6-10-22(19-8-5-17(24)13-20(19)26)27(18)21-9-4-16(14-25)12-15(21)2;/h6-8,10-12,14-15H,5,9,13H2,1-4H3;4-6,8-10,12-13H,7,11H2,1-3H3,(H2,25,30)(H,28,29);4-6,8-10,12-13H,3,7,11,26H2,1-2H3;1H4. The van der Waals surface area contributed by atoms with Crippen LogP contribution in [0.3, 0.4) is 0 Å². The average molecular weight is 1290 g/mol. The van der Waals surface area contributed by atoms with Crippen LogP contribution in [0.4, 0.5) is 17.1 Å². The van der Waals surface area contributed by atoms with Crippen LogP contribution in [0.5, 0.6) is 0 Å². The lowest BCUT2D eigenvalue weighted by Gasteiger charge is -2.21. The van der Waals surface area contributed by atoms with Crippen LogP contribution in [0, 0.1) is 43.4 Å². The highest BCUT2D eigenvalue weighted by Crippen LogP contribution is 2.39. The zero-order valence-corrected chi connectivity index (χ0v) is 54.1. The molecule has 5 N–H and O–H groups in total. The van der Waals surface area contributed by atoms with Gasteiger partial charge in [0.2, 0.25) is 5.91 Å². The van der Waals surface area contributed by atoms with Crippen LogP contribution in [-0.2, 0) is 43.1 Å². The summed E-state index contributed by atoms with van der Waals surface area (Å²) in [5.74, 6) is -1.79. The lowest BCUT2D eigenvalue weighted by molar-refractivity contribution is -0.144. The molecule has 9 aromatic rings. The van der Waals surface area contributed by atoms with Gasteiger partial charge in [-0.3, -0.25) is 19.2 Å². The molecule has 0 aliphatic heterocycles. The number of aromatic nitrogens is 3. The van der Waals surface area contributed by atoms with Crippen molar-refractivity contribution in [2.45, 2.75) is 80.6 Å². The van der Waals surface area contributed by atoms with Gasteiger partial charge in [-0.25, -0.2) is 0 Å². The van der Waals surface area contributed by atoms with E-state index in [0.717, 1.165) is 96.0 Å². The van der Waals surface area contributed by atoms with E-state index in [9.17, 15) is 34.8 Å². The second-order valence-electron chi connectivity index (χ2n) is 21.6. The number of aryl methyl sites for hydroxylation is 6. The minimum Gasteiger partial charge on any atom is -0.481 e. The van der Waals surface area contributed by atoms with Crippen LogP contribution in [0.1, 0.15) is 95.8 Å². The van der Waals surface area contributed by atoms with Crippen molar-refractivity contribution in [2.24, 2.45) is 5.73 Å². The second-order valence-corrected chi connectivity index (χ2v) is 22.9. The first-order chi connectivity index (χ1) is 43.0. The number of nitrogen functional groups attached to an aromatic ring is 1. The molecule has 0 aliphatic rings. The van der Waals surface area contributed by atoms with E-state index in [0.29, 0.717) is 76.3 Å². The fraction of sp³-hybridized carbons (Fsp3) is 0.250. The van der Waals surface area contributed by atoms with E-state index in [-0.39, 0.29) is 32.2 Å². The maximum absolute atomic E-state index is 12.0. The van der Waals surface area contributed by atoms with E-state index in [1.165, 1.54) is 0 Å². The first kappa shape index (κ1) is 70.4. The number of anilines is 3. The van der Waals surface area contributed by atoms with Crippen molar-refractivity contribution in [1.29, 1.82) is 10.5 Å². The number of rotatable bonds is 20. The number of nitrogens with zero attached hydrogens (tertiary/aromatic N) is 7. The van der Waals surface area contributed by atoms with Crippen LogP contribution < -0.4 is 21.3 Å². The summed E-state index contributed by atoms with van der Waals surface area (Å²) in [4.78, 5) is 50.6. The van der Waals surface area contributed by atoms with E-state index in [1.807, 2.05) is 179 Å². The first-order valence-electron chi connectivity index (χ1n) is 29.1. The Bertz CT molecular complexity index is 4200. The number of nitrogens with two attached hydrogens (primary N) is 2. The number of nitriles is 2. The van der Waals surface area contributed by atoms with Crippen LogP contribution in [-0.4, -0.2) is 84.0 Å². The Morgan fingerprint density at radius 3 is 1.21 bits per heavy atom. The van der Waals surface area contributed by atoms with Crippen molar-refractivity contribution in [2.75, 3.05) is 56.9 Å². The number of esters is 2. The van der Waals surface area contributed by atoms with Gasteiger partial charge in [-0.2, -0.15) is 10.5 Å². The Hall–Kier alpha value is -9.71. The number of primary amides is 1. The van der Waals surface area contributed by atoms with Gasteiger partial charge in [-0.05, 0) is 216 Å². The molecule has 19 heteroatoms. The third kappa shape index (κ3) is 17.4. The molecular weight excluding hydrogens is 1210 g/mol. The molecule has 472 valence electrons. The number of aliphatic carboxylic acids is 1. The lowest BCUT2D eigenvalue weighted by Crippen LogP contribution is -2.13. The number of carbonyl (C=O) groups excluding carboxylic acids is 3. The van der Waals surface area contributed by atoms with Gasteiger partial charge in [-0.15, -0.1) is 0 Å². The van der Waals surface area contributed by atoms with Crippen LogP contribution in [0.15, 0.2) is 146 Å². The normalized spacial score (nSPS) is 10.5. The Balaban J connectivity index is 0.000000216. The summed E-state index contributed by atoms with van der Waals surface area (Å²) in [6, 6.07) is 49.8. The quantitative estimate of drug-likeness (QED) is 0.0478. The molecule has 0 fully saturated rings. The third-order valence-corrected chi connectivity index (χ3v) is 15.5. The molecule has 1 amide bonds. The second kappa shape index (κ2) is 32.2. The summed E-state index contributed by atoms with van der Waals surface area (Å²) in [5, 5.41) is 29.5. The highest BCUT2D eigenvalue weighted by Gasteiger charge is 2.22. The van der Waals surface area contributed by atoms with Crippen molar-refractivity contribution in [3.05, 3.63) is 211 Å². The van der Waals surface area contributed by atoms with Gasteiger partial charge in [0.25, 0.3) is 0 Å². The van der Waals surface area contributed by atoms with Gasteiger partial charge >= 0.3 is 17.9 Å². The monoisotopic (exact) mass is 1280 g/mol. The van der Waals surface area contributed by atoms with E-state index >= 15 is 0 Å². The number of amides is 1. The highest BCUT2D eigenvalue weighted by atomic mass is 35.5. The van der Waals surface area contributed by atoms with Gasteiger partial charge in [-0.1, -0.05) is 42.2 Å². The molecule has 3 aromatic heterocycles. The summed E-state index contributed by atoms with van der Waals surface area (Å²) in [7, 11) is 7.86. The summed E-state index contributed by atoms with van der Waals surface area (Å²) < 4.78 is 16.5. The molecule has 0 unspecified atom stereocenters. The Morgan fingerprint density at radius 1 is 0.505 bits per heavy atom. The Kier molecular flexibility index (Phi) is 24.9. The molecule has 0 spiro atoms. The maximum Gasteiger partial charge on any atom is 0.306 e. The largest absolute Gasteiger partial charge is 0.481 e. The summed E-state index contributed by atoms with van der Waals surface area (Å²) in [6.45, 7) is 10.2. The van der Waals surface area contributed by atoms with E-state index in [1.54, 1.807) is 37.3 Å². The molecular formula is C72H76Cl3N9O7. The van der Waals surface area contributed by atoms with Gasteiger partial charge in [0, 0.05) is 117 Å². The van der Waals surface area contributed by atoms with Crippen LogP contribution >= 0.6 is 34.8 Å². The molecule has 0 atom stereocenters. The zero-order chi connectivity index (χ0) is 65.5. The molecule has 6 aromatic carbocycles. The molecule has 3 heterocycles. The smallest absolute Gasteiger partial charge is 0.306 e. The minimum atomic E-state index is -0.856. The number of ether oxygens (including phenoxy) is 2. The highest BCUT2D eigenvalue weighted by molar-refractivity contribution is 6.31. The van der Waals surface area contributed by atoms with E-state index in [2.05, 4.69) is 27.3 Å². The number of carboxylic acids is 1. The maximum atomic E-state index is 12.0. The van der Waals surface area contributed by atoms with E-state index < -0.39 is 11.9 Å². The van der Waals surface area contributed by atoms with Crippen molar-refractivity contribution < 1.29 is 33.8 Å². The summed E-state index contributed by atoms with van der Waals surface area (Å²) in [6.07, 6.45) is 2.03. The zero-order valence-electron chi connectivity index (χ0n) is 51.8. The van der Waals surface area contributed by atoms with E-state index in [4.69, 9.17) is 55.7 Å². The van der Waals surface area contributed by atoms with Crippen molar-refractivity contribution >= 4 is 75.7 Å². The number of hydrogen-bond acceptors (Lipinski definition) is 11. The number of carbonyl (C=O) groups is 4. The van der Waals surface area contributed by atoms with Crippen LogP contribution in [0.25, 0.3) is 50.8 Å².